The molecule has 0 amide bonds. The van der Waals surface area contributed by atoms with Gasteiger partial charge >= 0.3 is 0 Å². The molecule has 0 fully saturated rings. The van der Waals surface area contributed by atoms with Crippen molar-refractivity contribution < 1.29 is 92.7 Å². The van der Waals surface area contributed by atoms with Crippen molar-refractivity contribution in [3.63, 3.8) is 0 Å². The SMILES string of the molecule is CCCCc1ccccc1C[NH+](CC(C)C)CC(C)C.Fc1c(F)c(F)c([B-](c2c(F)c(F)c(F)c(F)c2F)(c2c(F)c(F)c(F)c(F)c2F)c2c(F)c(F)c(F)c(F)c2F)c(F)c1F. The highest BCUT2D eigenvalue weighted by molar-refractivity contribution is 7.20. The third-order valence-electron chi connectivity index (χ3n) is 10.5. The van der Waals surface area contributed by atoms with Crippen LogP contribution in [0.4, 0.5) is 87.8 Å². The van der Waals surface area contributed by atoms with E-state index in [0.717, 1.165) is 11.8 Å². The minimum atomic E-state index is -7.22. The normalized spacial score (nSPS) is 11.9. The van der Waals surface area contributed by atoms with E-state index in [9.17, 15) is 52.7 Å². The first-order valence-electron chi connectivity index (χ1n) is 19.4. The molecule has 5 aromatic rings. The number of aryl methyl sites for hydroxylation is 1. The van der Waals surface area contributed by atoms with E-state index in [2.05, 4.69) is 58.9 Å². The molecule has 0 aliphatic heterocycles. The van der Waals surface area contributed by atoms with Crippen molar-refractivity contribution in [3.8, 4) is 0 Å². The van der Waals surface area contributed by atoms with E-state index >= 15 is 35.1 Å². The first-order chi connectivity index (χ1) is 30.2. The van der Waals surface area contributed by atoms with Gasteiger partial charge in [-0.3, -0.25) is 0 Å². The Kier molecular flexibility index (Phi) is 16.5. The Morgan fingerprint density at radius 1 is 0.369 bits per heavy atom. The van der Waals surface area contributed by atoms with Crippen LogP contribution < -0.4 is 26.8 Å². The summed E-state index contributed by atoms with van der Waals surface area (Å²) in [6.45, 7) is 15.4. The van der Waals surface area contributed by atoms with Gasteiger partial charge in [-0.25, -0.2) is 87.8 Å². The van der Waals surface area contributed by atoms with E-state index in [0.29, 0.717) is 0 Å². The van der Waals surface area contributed by atoms with Gasteiger partial charge in [0.1, 0.15) is 59.2 Å². The fourth-order valence-electron chi connectivity index (χ4n) is 7.87. The largest absolute Gasteiger partial charge is 0.331 e. The molecule has 0 radical (unpaired) electrons. The lowest BCUT2D eigenvalue weighted by Crippen LogP contribution is -3.11. The minimum Gasteiger partial charge on any atom is -0.331 e. The van der Waals surface area contributed by atoms with Crippen LogP contribution in [0.5, 0.6) is 0 Å². The average molecular weight is 956 g/mol. The van der Waals surface area contributed by atoms with Crippen molar-refractivity contribution >= 4 is 28.0 Å². The van der Waals surface area contributed by atoms with Gasteiger partial charge in [0.15, 0.2) is 69.8 Å². The van der Waals surface area contributed by atoms with E-state index in [4.69, 9.17) is 0 Å². The minimum absolute atomic E-state index is 0.770. The molecule has 0 spiro atoms. The van der Waals surface area contributed by atoms with E-state index < -0.39 is 144 Å². The maximum absolute atomic E-state index is 15.4. The Morgan fingerprint density at radius 2 is 0.600 bits per heavy atom. The van der Waals surface area contributed by atoms with Crippen LogP contribution in [0.25, 0.3) is 0 Å². The summed E-state index contributed by atoms with van der Waals surface area (Å²) in [5.41, 5.74) is -11.2. The van der Waals surface area contributed by atoms with E-state index in [-0.39, 0.29) is 0 Å². The second-order valence-corrected chi connectivity index (χ2v) is 15.8. The number of quaternary nitrogens is 1. The smallest absolute Gasteiger partial charge is 0.200 e. The number of rotatable bonds is 13. The van der Waals surface area contributed by atoms with Crippen molar-refractivity contribution in [2.45, 2.75) is 60.4 Å². The van der Waals surface area contributed by atoms with Gasteiger partial charge in [0, 0.05) is 17.4 Å². The molecule has 0 heterocycles. The molecule has 22 heteroatoms. The number of hydrogen-bond donors (Lipinski definition) is 1. The average Bonchev–Trinajstić information content (AvgIpc) is 3.25. The molecule has 0 atom stereocenters. The van der Waals surface area contributed by atoms with Gasteiger partial charge in [-0.05, 0) is 18.4 Å². The summed E-state index contributed by atoms with van der Waals surface area (Å²) < 4.78 is 294. The molecular weight excluding hydrogens is 921 g/mol. The van der Waals surface area contributed by atoms with Crippen LogP contribution in [0.1, 0.15) is 58.6 Å². The van der Waals surface area contributed by atoms with Gasteiger partial charge in [0.25, 0.3) is 0 Å². The Balaban J connectivity index is 0.000000387. The van der Waals surface area contributed by atoms with Crippen molar-refractivity contribution in [1.29, 1.82) is 0 Å². The summed E-state index contributed by atoms with van der Waals surface area (Å²) in [6, 6.07) is 9.06. The number of halogens is 20. The third-order valence-corrected chi connectivity index (χ3v) is 10.5. The Morgan fingerprint density at radius 3 is 0.831 bits per heavy atom. The summed E-state index contributed by atoms with van der Waals surface area (Å²) in [4.78, 5) is 1.74. The molecule has 0 aliphatic rings. The van der Waals surface area contributed by atoms with Gasteiger partial charge in [0.05, 0.1) is 13.1 Å². The lowest BCUT2D eigenvalue weighted by atomic mass is 9.12. The maximum atomic E-state index is 15.4. The summed E-state index contributed by atoms with van der Waals surface area (Å²) in [5, 5.41) is 0. The van der Waals surface area contributed by atoms with Gasteiger partial charge in [0.2, 0.25) is 0 Å². The van der Waals surface area contributed by atoms with Crippen molar-refractivity contribution in [1.82, 2.24) is 0 Å². The van der Waals surface area contributed by atoms with Crippen molar-refractivity contribution in [3.05, 3.63) is 152 Å². The summed E-state index contributed by atoms with van der Waals surface area (Å²) in [6.07, 6.45) is -3.39. The molecular formula is C43H34BF20N. The van der Waals surface area contributed by atoms with Crippen LogP contribution in [-0.4, -0.2) is 19.2 Å². The second kappa shape index (κ2) is 20.5. The Hall–Kier alpha value is -5.28. The van der Waals surface area contributed by atoms with Gasteiger partial charge in [-0.2, -0.15) is 0 Å². The molecule has 0 bridgehead atoms. The fourth-order valence-corrected chi connectivity index (χ4v) is 7.87. The molecule has 5 aromatic carbocycles. The number of nitrogens with one attached hydrogen (secondary N) is 1. The quantitative estimate of drug-likeness (QED) is 0.0520. The predicted octanol–water partition coefficient (Wildman–Crippen LogP) is 9.57. The monoisotopic (exact) mass is 955 g/mol. The van der Waals surface area contributed by atoms with Crippen LogP contribution in [0, 0.1) is 128 Å². The van der Waals surface area contributed by atoms with E-state index in [1.54, 1.807) is 16.0 Å². The van der Waals surface area contributed by atoms with Gasteiger partial charge in [-0.15, -0.1) is 21.9 Å². The Labute approximate surface area is 357 Å². The predicted molar refractivity (Wildman–Crippen MR) is 198 cm³/mol. The highest BCUT2D eigenvalue weighted by Gasteiger charge is 2.52. The maximum Gasteiger partial charge on any atom is 0.200 e. The highest BCUT2D eigenvalue weighted by atomic mass is 19.2. The van der Waals surface area contributed by atoms with Crippen molar-refractivity contribution in [2.75, 3.05) is 13.1 Å². The van der Waals surface area contributed by atoms with Crippen LogP contribution in [0.2, 0.25) is 0 Å². The topological polar surface area (TPSA) is 4.44 Å². The van der Waals surface area contributed by atoms with E-state index in [1.807, 2.05) is 0 Å². The number of hydrogen-bond acceptors (Lipinski definition) is 0. The van der Waals surface area contributed by atoms with Crippen LogP contribution in [0.3, 0.4) is 0 Å². The molecule has 354 valence electrons. The standard InChI is InChI=1S/C24BF20.C19H33N/c26-5-1(6(27)14(35)21(42)13(5)34)25(2-7(28)15(36)22(43)16(37)8(2)29,3-9(30)17(38)23(44)18(39)10(3)31)4-11(32)19(40)24(45)20(41)12(4)33;1-6-7-10-18-11-8-9-12-19(18)15-20(13-16(2)3)14-17(4)5/h;8-9,11-12,16-17H,6-7,10,13-15H2,1-5H3/q-1;/p+1. The molecule has 0 aliphatic carbocycles. The number of unbranched alkanes of at least 4 members (excludes halogenated alkanes) is 1. The lowest BCUT2D eigenvalue weighted by molar-refractivity contribution is -0.919. The Bertz CT molecular complexity index is 2200. The lowest BCUT2D eigenvalue weighted by Gasteiger charge is -2.44. The molecule has 0 unspecified atom stereocenters. The zero-order valence-electron chi connectivity index (χ0n) is 34.3. The fraction of sp³-hybridized carbons (Fsp3) is 0.302. The highest BCUT2D eigenvalue weighted by Crippen LogP contribution is 2.31. The molecule has 5 rings (SSSR count). The van der Waals surface area contributed by atoms with E-state index in [1.165, 1.54) is 38.9 Å². The van der Waals surface area contributed by atoms with Crippen LogP contribution >= 0.6 is 0 Å². The molecule has 1 N–H and O–H groups in total. The molecule has 0 saturated heterocycles. The zero-order valence-corrected chi connectivity index (χ0v) is 34.3. The first kappa shape index (κ1) is 52.4. The molecule has 65 heavy (non-hydrogen) atoms. The van der Waals surface area contributed by atoms with Gasteiger partial charge in [-0.1, -0.05) is 65.3 Å². The molecule has 1 nitrogen and oxygen atoms in total. The summed E-state index contributed by atoms with van der Waals surface area (Å²) in [7, 11) is 0. The van der Waals surface area contributed by atoms with Gasteiger partial charge < -0.3 is 4.90 Å². The van der Waals surface area contributed by atoms with Crippen molar-refractivity contribution in [2.24, 2.45) is 11.8 Å². The summed E-state index contributed by atoms with van der Waals surface area (Å²) >= 11 is 0. The summed E-state index contributed by atoms with van der Waals surface area (Å²) in [5.74, 6) is -69.9. The van der Waals surface area contributed by atoms with Crippen LogP contribution in [0.15, 0.2) is 24.3 Å². The molecule has 0 aromatic heterocycles. The number of benzene rings is 5. The van der Waals surface area contributed by atoms with Crippen LogP contribution in [-0.2, 0) is 13.0 Å². The third kappa shape index (κ3) is 9.41. The first-order valence-corrected chi connectivity index (χ1v) is 19.4. The zero-order chi connectivity index (χ0) is 49.3. The molecule has 0 saturated carbocycles. The second-order valence-electron chi connectivity index (χ2n) is 15.8.